The Bertz CT molecular complexity index is 702. The molecule has 25 heavy (non-hydrogen) atoms. The summed E-state index contributed by atoms with van der Waals surface area (Å²) in [5, 5.41) is 9.77. The van der Waals surface area contributed by atoms with E-state index in [4.69, 9.17) is 9.47 Å². The van der Waals surface area contributed by atoms with Gasteiger partial charge in [0, 0.05) is 7.05 Å². The summed E-state index contributed by atoms with van der Waals surface area (Å²) in [5.41, 5.74) is 1.74. The smallest absolute Gasteiger partial charge is 0.230 e. The fourth-order valence-corrected chi connectivity index (χ4v) is 2.85. The highest BCUT2D eigenvalue weighted by atomic mass is 16.5. The van der Waals surface area contributed by atoms with E-state index in [0.717, 1.165) is 11.1 Å². The molecule has 0 saturated carbocycles. The first-order valence-electron chi connectivity index (χ1n) is 8.17. The van der Waals surface area contributed by atoms with E-state index >= 15 is 0 Å². The Morgan fingerprint density at radius 2 is 1.68 bits per heavy atom. The zero-order chi connectivity index (χ0) is 18.4. The molecule has 2 aromatic carbocycles. The largest absolute Gasteiger partial charge is 0.493 e. The van der Waals surface area contributed by atoms with Gasteiger partial charge in [-0.15, -0.1) is 0 Å². The molecule has 0 aliphatic carbocycles. The fraction of sp³-hybridized carbons (Fsp3) is 0.350. The Hall–Kier alpha value is -2.53. The summed E-state index contributed by atoms with van der Waals surface area (Å²) < 4.78 is 10.6. The molecule has 2 atom stereocenters. The number of rotatable bonds is 7. The maximum atomic E-state index is 12.9. The summed E-state index contributed by atoms with van der Waals surface area (Å²) >= 11 is 0. The van der Waals surface area contributed by atoms with Crippen LogP contribution in [0, 0.1) is 0 Å². The number of amides is 1. The number of aliphatic hydroxyl groups excluding tert-OH is 1. The van der Waals surface area contributed by atoms with Gasteiger partial charge in [-0.05, 0) is 30.2 Å². The zero-order valence-corrected chi connectivity index (χ0v) is 15.1. The van der Waals surface area contributed by atoms with Crippen LogP contribution in [-0.4, -0.2) is 43.8 Å². The Morgan fingerprint density at radius 1 is 1.04 bits per heavy atom. The molecule has 0 heterocycles. The van der Waals surface area contributed by atoms with Crippen molar-refractivity contribution >= 4 is 5.91 Å². The molecular formula is C20H25NO4. The molecule has 5 heteroatoms. The van der Waals surface area contributed by atoms with Gasteiger partial charge in [-0.25, -0.2) is 0 Å². The first-order valence-corrected chi connectivity index (χ1v) is 8.17. The summed E-state index contributed by atoms with van der Waals surface area (Å²) in [7, 11) is 4.86. The van der Waals surface area contributed by atoms with E-state index in [-0.39, 0.29) is 24.5 Å². The number of carbonyl (C=O) groups excluding carboxylic acids is 1. The molecule has 0 aliphatic rings. The molecule has 2 aromatic rings. The number of hydrogen-bond acceptors (Lipinski definition) is 4. The van der Waals surface area contributed by atoms with E-state index in [9.17, 15) is 9.90 Å². The number of aliphatic hydroxyl groups is 1. The van der Waals surface area contributed by atoms with Gasteiger partial charge in [0.1, 0.15) is 0 Å². The summed E-state index contributed by atoms with van der Waals surface area (Å²) in [5.74, 6) is 0.763. The van der Waals surface area contributed by atoms with Gasteiger partial charge in [-0.3, -0.25) is 4.79 Å². The van der Waals surface area contributed by atoms with Crippen LogP contribution in [0.4, 0.5) is 0 Å². The normalized spacial score (nSPS) is 13.0. The van der Waals surface area contributed by atoms with Crippen molar-refractivity contribution in [2.24, 2.45) is 0 Å². The summed E-state index contributed by atoms with van der Waals surface area (Å²) in [4.78, 5) is 14.5. The van der Waals surface area contributed by atoms with Gasteiger partial charge in [-0.1, -0.05) is 36.4 Å². The standard InChI is InChI=1S/C20H25NO4/c1-14(16-10-11-18(24-3)19(12-16)25-4)20(23)21(2)17(13-22)15-8-6-5-7-9-15/h5-12,14,17,22H,13H2,1-4H3/t14-,17+/m1/s1. The quantitative estimate of drug-likeness (QED) is 0.840. The Balaban J connectivity index is 2.23. The Labute approximate surface area is 148 Å². The molecule has 0 saturated heterocycles. The highest BCUT2D eigenvalue weighted by Crippen LogP contribution is 2.32. The van der Waals surface area contributed by atoms with Crippen LogP contribution in [0.25, 0.3) is 0 Å². The molecule has 2 rings (SSSR count). The van der Waals surface area contributed by atoms with Crippen molar-refractivity contribution < 1.29 is 19.4 Å². The maximum Gasteiger partial charge on any atom is 0.230 e. The fourth-order valence-electron chi connectivity index (χ4n) is 2.85. The summed E-state index contributed by atoms with van der Waals surface area (Å²) in [6, 6.07) is 14.6. The van der Waals surface area contributed by atoms with Gasteiger partial charge in [-0.2, -0.15) is 0 Å². The van der Waals surface area contributed by atoms with E-state index in [2.05, 4.69) is 0 Å². The monoisotopic (exact) mass is 343 g/mol. The minimum absolute atomic E-state index is 0.0740. The molecule has 5 nitrogen and oxygen atoms in total. The molecule has 134 valence electrons. The van der Waals surface area contributed by atoms with Crippen LogP contribution in [0.3, 0.4) is 0 Å². The number of nitrogens with zero attached hydrogens (tertiary/aromatic N) is 1. The molecule has 0 aliphatic heterocycles. The molecule has 0 spiro atoms. The molecule has 0 unspecified atom stereocenters. The Morgan fingerprint density at radius 3 is 2.24 bits per heavy atom. The van der Waals surface area contributed by atoms with Gasteiger partial charge < -0.3 is 19.5 Å². The number of methoxy groups -OCH3 is 2. The first-order chi connectivity index (χ1) is 12.0. The Kier molecular flexibility index (Phi) is 6.42. The second kappa shape index (κ2) is 8.53. The van der Waals surface area contributed by atoms with Gasteiger partial charge in [0.15, 0.2) is 11.5 Å². The van der Waals surface area contributed by atoms with Crippen LogP contribution in [0.5, 0.6) is 11.5 Å². The van der Waals surface area contributed by atoms with Gasteiger partial charge in [0.05, 0.1) is 32.8 Å². The van der Waals surface area contributed by atoms with Crippen LogP contribution in [0.15, 0.2) is 48.5 Å². The number of likely N-dealkylation sites (N-methyl/N-ethyl adjacent to an activating group) is 1. The van der Waals surface area contributed by atoms with Crippen LogP contribution in [0.2, 0.25) is 0 Å². The predicted molar refractivity (Wildman–Crippen MR) is 97.0 cm³/mol. The molecule has 0 aromatic heterocycles. The molecule has 0 radical (unpaired) electrons. The van der Waals surface area contributed by atoms with Crippen molar-refractivity contribution in [1.29, 1.82) is 0 Å². The van der Waals surface area contributed by atoms with Crippen LogP contribution >= 0.6 is 0 Å². The molecule has 0 fully saturated rings. The third-order valence-corrected chi connectivity index (χ3v) is 4.45. The predicted octanol–water partition coefficient (Wildman–Crippen LogP) is 3.00. The van der Waals surface area contributed by atoms with Crippen LogP contribution in [0.1, 0.15) is 30.0 Å². The highest BCUT2D eigenvalue weighted by Gasteiger charge is 2.26. The number of hydrogen-bond donors (Lipinski definition) is 1. The molecule has 1 amide bonds. The van der Waals surface area contributed by atoms with Crippen molar-refractivity contribution in [2.45, 2.75) is 18.9 Å². The number of carbonyl (C=O) groups is 1. The van der Waals surface area contributed by atoms with Crippen LogP contribution in [-0.2, 0) is 4.79 Å². The van der Waals surface area contributed by atoms with E-state index in [1.54, 1.807) is 32.2 Å². The molecule has 1 N–H and O–H groups in total. The topological polar surface area (TPSA) is 59.0 Å². The first kappa shape index (κ1) is 18.8. The zero-order valence-electron chi connectivity index (χ0n) is 15.1. The van der Waals surface area contributed by atoms with Crippen molar-refractivity contribution in [3.8, 4) is 11.5 Å². The number of ether oxygens (including phenoxy) is 2. The highest BCUT2D eigenvalue weighted by molar-refractivity contribution is 5.83. The van der Waals surface area contributed by atoms with Crippen molar-refractivity contribution in [3.05, 3.63) is 59.7 Å². The van der Waals surface area contributed by atoms with Gasteiger partial charge >= 0.3 is 0 Å². The second-order valence-electron chi connectivity index (χ2n) is 5.89. The average Bonchev–Trinajstić information content (AvgIpc) is 2.67. The SMILES string of the molecule is COc1ccc([C@@H](C)C(=O)N(C)[C@@H](CO)c2ccccc2)cc1OC. The third-order valence-electron chi connectivity index (χ3n) is 4.45. The lowest BCUT2D eigenvalue weighted by molar-refractivity contribution is -0.134. The maximum absolute atomic E-state index is 12.9. The number of benzene rings is 2. The lowest BCUT2D eigenvalue weighted by Gasteiger charge is -2.29. The lowest BCUT2D eigenvalue weighted by atomic mass is 9.97. The van der Waals surface area contributed by atoms with Gasteiger partial charge in [0.25, 0.3) is 0 Å². The minimum atomic E-state index is -0.378. The van der Waals surface area contributed by atoms with Crippen molar-refractivity contribution in [2.75, 3.05) is 27.9 Å². The van der Waals surface area contributed by atoms with Gasteiger partial charge in [0.2, 0.25) is 5.91 Å². The van der Waals surface area contributed by atoms with Crippen LogP contribution < -0.4 is 9.47 Å². The van der Waals surface area contributed by atoms with E-state index in [1.165, 1.54) is 0 Å². The molecular weight excluding hydrogens is 318 g/mol. The second-order valence-corrected chi connectivity index (χ2v) is 5.89. The summed E-state index contributed by atoms with van der Waals surface area (Å²) in [6.07, 6.45) is 0. The average molecular weight is 343 g/mol. The van der Waals surface area contributed by atoms with Crippen molar-refractivity contribution in [1.82, 2.24) is 4.90 Å². The summed E-state index contributed by atoms with van der Waals surface area (Å²) in [6.45, 7) is 1.71. The minimum Gasteiger partial charge on any atom is -0.493 e. The van der Waals surface area contributed by atoms with E-state index in [0.29, 0.717) is 11.5 Å². The lowest BCUT2D eigenvalue weighted by Crippen LogP contribution is -2.36. The van der Waals surface area contributed by atoms with E-state index in [1.807, 2.05) is 49.4 Å². The van der Waals surface area contributed by atoms with E-state index < -0.39 is 0 Å². The molecule has 0 bridgehead atoms. The van der Waals surface area contributed by atoms with Crippen molar-refractivity contribution in [3.63, 3.8) is 0 Å². The third kappa shape index (κ3) is 4.12.